The molecule has 0 fully saturated rings. The normalized spacial score (nSPS) is 9.42. The van der Waals surface area contributed by atoms with E-state index in [1.807, 2.05) is 16.6 Å². The van der Waals surface area contributed by atoms with Gasteiger partial charge in [0, 0.05) is 0 Å². The summed E-state index contributed by atoms with van der Waals surface area (Å²) in [7, 11) is 0. The molecule has 1 rings (SSSR count). The van der Waals surface area contributed by atoms with Crippen LogP contribution in [0.2, 0.25) is 0 Å². The fourth-order valence-electron chi connectivity index (χ4n) is 0.728. The highest BCUT2D eigenvalue weighted by atomic mass is 27.1. The molecule has 60 valence electrons. The first kappa shape index (κ1) is 9.17. The van der Waals surface area contributed by atoms with Crippen molar-refractivity contribution in [2.24, 2.45) is 0 Å². The number of alkyl halides is 1. The van der Waals surface area contributed by atoms with Gasteiger partial charge in [-0.15, -0.1) is 0 Å². The van der Waals surface area contributed by atoms with Gasteiger partial charge in [0.25, 0.3) is 0 Å². The molecule has 2 radical (unpaired) electrons. The number of nitrogens with zero attached hydrogens (tertiary/aromatic N) is 1. The second kappa shape index (κ2) is 4.19. The molecule has 0 saturated carbocycles. The average Bonchev–Trinajstić information content (AvgIpc) is 2.17. The molecule has 0 saturated heterocycles. The summed E-state index contributed by atoms with van der Waals surface area (Å²) in [5.74, 6) is -0.588. The molecule has 0 aromatic carbocycles. The molecule has 1 aromatic heterocycles. The fourth-order valence-corrected chi connectivity index (χ4v) is 0.849. The van der Waals surface area contributed by atoms with E-state index in [9.17, 15) is 9.18 Å². The molecule has 0 atom stereocenters. The first-order chi connectivity index (χ1) is 5.77. The van der Waals surface area contributed by atoms with Crippen molar-refractivity contribution in [1.82, 2.24) is 4.98 Å². The number of carbonyl (C=O) groups is 1. The highest BCUT2D eigenvalue weighted by Crippen LogP contribution is 2.01. The lowest BCUT2D eigenvalue weighted by molar-refractivity contribution is 0.0743. The van der Waals surface area contributed by atoms with E-state index in [1.54, 1.807) is 6.07 Å². The maximum atomic E-state index is 12.1. The average molecular weight is 181 g/mol. The zero-order valence-electron chi connectivity index (χ0n) is 6.16. The van der Waals surface area contributed by atoms with Gasteiger partial charge in [0.15, 0.2) is 0 Å². The summed E-state index contributed by atoms with van der Waals surface area (Å²) in [5, 5.41) is 0. The van der Waals surface area contributed by atoms with E-state index < -0.39 is 12.6 Å². The second-order valence-corrected chi connectivity index (χ2v) is 2.29. The van der Waals surface area contributed by atoms with Crippen molar-refractivity contribution >= 4 is 22.6 Å². The van der Waals surface area contributed by atoms with Crippen LogP contribution in [0.1, 0.15) is 16.2 Å². The Morgan fingerprint density at radius 1 is 1.67 bits per heavy atom. The predicted octanol–water partition coefficient (Wildman–Crippen LogP) is 0.791. The highest BCUT2D eigenvalue weighted by molar-refractivity contribution is 6.08. The quantitative estimate of drug-likeness (QED) is 0.633. The minimum absolute atomic E-state index is 0.111. The number of hydrogen-bond acceptors (Lipinski definition) is 3. The van der Waals surface area contributed by atoms with Crippen LogP contribution in [0.4, 0.5) is 4.39 Å². The van der Waals surface area contributed by atoms with Crippen LogP contribution in [0.3, 0.4) is 0 Å². The summed E-state index contributed by atoms with van der Waals surface area (Å²) in [4.78, 5) is 14.6. The molecule has 5 heteroatoms. The van der Waals surface area contributed by atoms with Crippen LogP contribution in [0.5, 0.6) is 0 Å². The van der Waals surface area contributed by atoms with Crippen molar-refractivity contribution in [3.63, 3.8) is 0 Å². The maximum absolute atomic E-state index is 12.1. The minimum atomic E-state index is -0.683. The summed E-state index contributed by atoms with van der Waals surface area (Å²) in [6.07, 6.45) is 0. The molecule has 0 aliphatic rings. The van der Waals surface area contributed by atoms with E-state index in [2.05, 4.69) is 8.77 Å². The van der Waals surface area contributed by atoms with Gasteiger partial charge in [0.05, 0.1) is 5.69 Å². The summed E-state index contributed by atoms with van der Waals surface area (Å²) < 4.78 is 16.4. The number of hydrogen-bond donors (Lipinski definition) is 0. The number of pyridine rings is 1. The van der Waals surface area contributed by atoms with Crippen molar-refractivity contribution in [2.45, 2.75) is 6.67 Å². The van der Waals surface area contributed by atoms with Crippen LogP contribution < -0.4 is 0 Å². The van der Waals surface area contributed by atoms with E-state index in [0.29, 0.717) is 0 Å². The van der Waals surface area contributed by atoms with Gasteiger partial charge >= 0.3 is 22.6 Å². The highest BCUT2D eigenvalue weighted by Gasteiger charge is 2.05. The Labute approximate surface area is 77.3 Å². The predicted molar refractivity (Wildman–Crippen MR) is 40.2 cm³/mol. The van der Waals surface area contributed by atoms with Gasteiger partial charge in [-0.3, -0.25) is 0 Å². The zero-order chi connectivity index (χ0) is 8.97. The number of rotatable bonds is 2. The Kier molecular flexibility index (Phi) is 3.21. The number of carbonyl (C=O) groups excluding carboxylic acids is 1. The first-order valence-electron chi connectivity index (χ1n) is 3.21. The molecular formula is C7H5AlFNO2. The SMILES string of the molecule is O=C([O][Al])c1cccc(CF)n1. The minimum Gasteiger partial charge on any atom is -0.623 e. The first-order valence-corrected chi connectivity index (χ1v) is 3.68. The molecule has 0 spiro atoms. The van der Waals surface area contributed by atoms with Crippen molar-refractivity contribution in [2.75, 3.05) is 0 Å². The second-order valence-electron chi connectivity index (χ2n) is 2.05. The van der Waals surface area contributed by atoms with Gasteiger partial charge in [-0.2, -0.15) is 0 Å². The Bertz CT molecular complexity index is 292. The Balaban J connectivity index is 2.93. The van der Waals surface area contributed by atoms with Crippen molar-refractivity contribution in [3.05, 3.63) is 29.6 Å². The van der Waals surface area contributed by atoms with E-state index in [-0.39, 0.29) is 11.4 Å². The Hall–Kier alpha value is -0.918. The molecule has 0 unspecified atom stereocenters. The standard InChI is InChI=1S/C7H6FNO2.Al/c8-4-5-2-1-3-6(9-5)7(10)11;/h1-3H,4H2,(H,10,11);/q;+1/p-1. The molecule has 3 nitrogen and oxygen atoms in total. The molecule has 0 amide bonds. The molecule has 0 aliphatic heterocycles. The fraction of sp³-hybridized carbons (Fsp3) is 0.143. The number of aromatic nitrogens is 1. The Morgan fingerprint density at radius 3 is 3.00 bits per heavy atom. The van der Waals surface area contributed by atoms with Crippen molar-refractivity contribution in [3.8, 4) is 0 Å². The van der Waals surface area contributed by atoms with E-state index in [1.165, 1.54) is 12.1 Å². The lowest BCUT2D eigenvalue weighted by Crippen LogP contribution is -2.05. The zero-order valence-corrected chi connectivity index (χ0v) is 7.31. The van der Waals surface area contributed by atoms with Crippen molar-refractivity contribution < 1.29 is 13.0 Å². The largest absolute Gasteiger partial charge is 0.623 e. The lowest BCUT2D eigenvalue weighted by atomic mass is 10.3. The van der Waals surface area contributed by atoms with Crippen molar-refractivity contribution in [1.29, 1.82) is 0 Å². The van der Waals surface area contributed by atoms with Gasteiger partial charge < -0.3 is 3.79 Å². The summed E-state index contributed by atoms with van der Waals surface area (Å²) in [6, 6.07) is 4.52. The van der Waals surface area contributed by atoms with Gasteiger partial charge in [-0.05, 0) is 12.1 Å². The molecule has 0 N–H and O–H groups in total. The third-order valence-electron chi connectivity index (χ3n) is 1.26. The van der Waals surface area contributed by atoms with Crippen LogP contribution in [0.25, 0.3) is 0 Å². The molecule has 1 aromatic rings. The van der Waals surface area contributed by atoms with Crippen LogP contribution >= 0.6 is 0 Å². The van der Waals surface area contributed by atoms with Gasteiger partial charge in [-0.25, -0.2) is 14.2 Å². The van der Waals surface area contributed by atoms with E-state index >= 15 is 0 Å². The Morgan fingerprint density at radius 2 is 2.42 bits per heavy atom. The molecule has 0 bridgehead atoms. The van der Waals surface area contributed by atoms with Crippen LogP contribution in [0, 0.1) is 0 Å². The van der Waals surface area contributed by atoms with Crippen LogP contribution in [-0.4, -0.2) is 27.6 Å². The van der Waals surface area contributed by atoms with E-state index in [0.717, 1.165) is 0 Å². The third-order valence-corrected chi connectivity index (χ3v) is 1.47. The summed E-state index contributed by atoms with van der Waals surface area (Å²) >= 11 is 1.82. The third kappa shape index (κ3) is 2.03. The molecule has 12 heavy (non-hydrogen) atoms. The molecule has 0 aliphatic carbocycles. The monoisotopic (exact) mass is 181 g/mol. The summed E-state index contributed by atoms with van der Waals surface area (Å²) in [5.41, 5.74) is 0.336. The molecular weight excluding hydrogens is 176 g/mol. The van der Waals surface area contributed by atoms with Crippen LogP contribution in [0.15, 0.2) is 18.2 Å². The molecule has 1 heterocycles. The topological polar surface area (TPSA) is 39.2 Å². The van der Waals surface area contributed by atoms with Crippen LogP contribution in [-0.2, 0) is 10.5 Å². The number of halogens is 1. The summed E-state index contributed by atoms with van der Waals surface area (Å²) in [6.45, 7) is -0.683. The van der Waals surface area contributed by atoms with E-state index in [4.69, 9.17) is 0 Å². The van der Waals surface area contributed by atoms with Gasteiger partial charge in [0.2, 0.25) is 0 Å². The van der Waals surface area contributed by atoms with Gasteiger partial charge in [0.1, 0.15) is 12.4 Å². The van der Waals surface area contributed by atoms with Gasteiger partial charge in [-0.1, -0.05) is 6.07 Å². The maximum Gasteiger partial charge on any atom is 0.485 e. The smallest absolute Gasteiger partial charge is 0.485 e. The lowest BCUT2D eigenvalue weighted by Gasteiger charge is -2.00.